The monoisotopic (exact) mass is 202 g/mol. The van der Waals surface area contributed by atoms with Crippen molar-refractivity contribution in [2.45, 2.75) is 19.5 Å². The molecule has 0 fully saturated rings. The molecule has 14 heavy (non-hydrogen) atoms. The van der Waals surface area contributed by atoms with Gasteiger partial charge in [-0.1, -0.05) is 6.92 Å². The first-order valence-corrected chi connectivity index (χ1v) is 4.03. The van der Waals surface area contributed by atoms with Gasteiger partial charge in [0.2, 0.25) is 0 Å². The van der Waals surface area contributed by atoms with Crippen LogP contribution < -0.4 is 5.73 Å². The Morgan fingerprint density at radius 3 is 2.57 bits per heavy atom. The van der Waals surface area contributed by atoms with Crippen LogP contribution in [-0.4, -0.2) is 6.18 Å². The first kappa shape index (κ1) is 10.6. The minimum atomic E-state index is -4.50. The zero-order chi connectivity index (χ0) is 10.9. The predicted octanol–water partition coefficient (Wildman–Crippen LogP) is 2.25. The Morgan fingerprint density at radius 1 is 1.57 bits per heavy atom. The summed E-state index contributed by atoms with van der Waals surface area (Å²) in [7, 11) is 0. The largest absolute Gasteiger partial charge is 0.417 e. The molecule has 0 aromatic carbocycles. The van der Waals surface area contributed by atoms with Crippen molar-refractivity contribution in [3.05, 3.63) is 22.9 Å². The molecule has 0 saturated heterocycles. The zero-order valence-electron chi connectivity index (χ0n) is 7.52. The third kappa shape index (κ3) is 1.90. The molecule has 0 saturated carbocycles. The molecule has 1 unspecified atom stereocenters. The third-order valence-electron chi connectivity index (χ3n) is 2.08. The fourth-order valence-corrected chi connectivity index (χ4v) is 1.45. The van der Waals surface area contributed by atoms with Gasteiger partial charge in [0.1, 0.15) is 0 Å². The van der Waals surface area contributed by atoms with Gasteiger partial charge in [-0.15, -0.1) is 0 Å². The first-order chi connectivity index (χ1) is 6.36. The molecule has 1 aliphatic rings. The molecule has 1 atom stereocenters. The molecule has 0 aromatic rings. The molecule has 0 spiro atoms. The quantitative estimate of drug-likeness (QED) is 0.654. The average molecular weight is 202 g/mol. The lowest BCUT2D eigenvalue weighted by Gasteiger charge is -2.21. The predicted molar refractivity (Wildman–Crippen MR) is 44.7 cm³/mol. The van der Waals surface area contributed by atoms with Gasteiger partial charge in [0.15, 0.2) is 0 Å². The summed E-state index contributed by atoms with van der Waals surface area (Å²) in [4.78, 5) is 0. The number of nitrogens with zero attached hydrogens (tertiary/aromatic N) is 1. The number of halogens is 3. The fourth-order valence-electron chi connectivity index (χ4n) is 1.45. The highest BCUT2D eigenvalue weighted by Gasteiger charge is 2.38. The van der Waals surface area contributed by atoms with E-state index in [1.54, 1.807) is 13.0 Å². The van der Waals surface area contributed by atoms with Crippen LogP contribution in [-0.2, 0) is 0 Å². The van der Waals surface area contributed by atoms with Gasteiger partial charge in [0, 0.05) is 11.3 Å². The number of nitrogens with two attached hydrogens (primary N) is 1. The molecule has 5 heteroatoms. The number of rotatable bonds is 0. The summed E-state index contributed by atoms with van der Waals surface area (Å²) in [5.74, 6) is -0.457. The lowest BCUT2D eigenvalue weighted by molar-refractivity contribution is -0.0895. The van der Waals surface area contributed by atoms with Crippen LogP contribution in [0.3, 0.4) is 0 Å². The van der Waals surface area contributed by atoms with Crippen molar-refractivity contribution in [3.63, 3.8) is 0 Å². The molecule has 0 heterocycles. The minimum Gasteiger partial charge on any atom is -0.402 e. The Morgan fingerprint density at radius 2 is 2.14 bits per heavy atom. The second kappa shape index (κ2) is 3.37. The van der Waals surface area contributed by atoms with Gasteiger partial charge in [0.05, 0.1) is 11.6 Å². The van der Waals surface area contributed by atoms with Crippen molar-refractivity contribution in [1.29, 1.82) is 5.26 Å². The van der Waals surface area contributed by atoms with E-state index in [9.17, 15) is 13.2 Å². The molecular weight excluding hydrogens is 193 g/mol. The smallest absolute Gasteiger partial charge is 0.402 e. The molecule has 76 valence electrons. The number of allylic oxidation sites excluding steroid dienone is 4. The summed E-state index contributed by atoms with van der Waals surface area (Å²) >= 11 is 0. The zero-order valence-corrected chi connectivity index (χ0v) is 7.52. The van der Waals surface area contributed by atoms with Gasteiger partial charge in [-0.25, -0.2) is 0 Å². The average Bonchev–Trinajstić information content (AvgIpc) is 2.01. The summed E-state index contributed by atoms with van der Waals surface area (Å²) < 4.78 is 37.2. The van der Waals surface area contributed by atoms with Gasteiger partial charge in [-0.05, 0) is 18.4 Å². The minimum absolute atomic E-state index is 0.170. The maximum Gasteiger partial charge on any atom is 0.417 e. The molecule has 0 bridgehead atoms. The van der Waals surface area contributed by atoms with Crippen molar-refractivity contribution in [1.82, 2.24) is 0 Å². The van der Waals surface area contributed by atoms with E-state index in [0.29, 0.717) is 6.42 Å². The Balaban J connectivity index is 3.27. The van der Waals surface area contributed by atoms with Crippen LogP contribution in [0, 0.1) is 17.2 Å². The summed E-state index contributed by atoms with van der Waals surface area (Å²) in [5.41, 5.74) is 4.38. The van der Waals surface area contributed by atoms with Crippen LogP contribution in [0.25, 0.3) is 0 Å². The van der Waals surface area contributed by atoms with Crippen LogP contribution in [0.2, 0.25) is 0 Å². The topological polar surface area (TPSA) is 49.8 Å². The summed E-state index contributed by atoms with van der Waals surface area (Å²) in [6.45, 7) is 1.56. The summed E-state index contributed by atoms with van der Waals surface area (Å²) in [6.07, 6.45) is -3.34. The molecule has 2 nitrogen and oxygen atoms in total. The number of hydrogen-bond donors (Lipinski definition) is 1. The van der Waals surface area contributed by atoms with Crippen molar-refractivity contribution >= 4 is 0 Å². The van der Waals surface area contributed by atoms with Crippen LogP contribution in [0.15, 0.2) is 22.9 Å². The van der Waals surface area contributed by atoms with E-state index in [1.165, 1.54) is 0 Å². The van der Waals surface area contributed by atoms with Gasteiger partial charge in [0.25, 0.3) is 0 Å². The van der Waals surface area contributed by atoms with E-state index in [1.807, 2.05) is 0 Å². The summed E-state index contributed by atoms with van der Waals surface area (Å²) in [5, 5.41) is 8.60. The van der Waals surface area contributed by atoms with E-state index < -0.39 is 17.7 Å². The molecular formula is C9H9F3N2. The van der Waals surface area contributed by atoms with E-state index in [0.717, 1.165) is 6.08 Å². The number of nitriles is 1. The lowest BCUT2D eigenvalue weighted by atomic mass is 9.87. The van der Waals surface area contributed by atoms with Crippen molar-refractivity contribution in [2.75, 3.05) is 0 Å². The van der Waals surface area contributed by atoms with Crippen molar-refractivity contribution in [3.8, 4) is 6.07 Å². The van der Waals surface area contributed by atoms with Crippen LogP contribution in [0.5, 0.6) is 0 Å². The molecule has 0 aliphatic heterocycles. The molecule has 1 rings (SSSR count). The second-order valence-electron chi connectivity index (χ2n) is 3.26. The highest BCUT2D eigenvalue weighted by Crippen LogP contribution is 2.36. The van der Waals surface area contributed by atoms with E-state index in [4.69, 9.17) is 11.0 Å². The van der Waals surface area contributed by atoms with Crippen LogP contribution in [0.4, 0.5) is 13.2 Å². The Kier molecular flexibility index (Phi) is 2.56. The molecule has 1 aliphatic carbocycles. The third-order valence-corrected chi connectivity index (χ3v) is 2.08. The SMILES string of the molecule is CC1CC(N)=CC(C(F)(F)F)=C1C#N. The maximum atomic E-state index is 12.4. The first-order valence-electron chi connectivity index (χ1n) is 4.03. The molecule has 2 N–H and O–H groups in total. The van der Waals surface area contributed by atoms with Crippen LogP contribution >= 0.6 is 0 Å². The lowest BCUT2D eigenvalue weighted by Crippen LogP contribution is -2.21. The van der Waals surface area contributed by atoms with E-state index in [-0.39, 0.29) is 11.3 Å². The Hall–Kier alpha value is -1.44. The van der Waals surface area contributed by atoms with Crippen LogP contribution in [0.1, 0.15) is 13.3 Å². The maximum absolute atomic E-state index is 12.4. The van der Waals surface area contributed by atoms with Gasteiger partial charge >= 0.3 is 6.18 Å². The van der Waals surface area contributed by atoms with Gasteiger partial charge in [-0.3, -0.25) is 0 Å². The molecule has 0 amide bonds. The van der Waals surface area contributed by atoms with Crippen molar-refractivity contribution in [2.24, 2.45) is 11.7 Å². The Labute approximate surface area is 79.5 Å². The number of alkyl halides is 3. The highest BCUT2D eigenvalue weighted by atomic mass is 19.4. The Bertz CT molecular complexity index is 344. The summed E-state index contributed by atoms with van der Waals surface area (Å²) in [6, 6.07) is 1.59. The molecule has 0 radical (unpaired) electrons. The second-order valence-corrected chi connectivity index (χ2v) is 3.26. The normalized spacial score (nSPS) is 23.1. The van der Waals surface area contributed by atoms with E-state index in [2.05, 4.69) is 0 Å². The van der Waals surface area contributed by atoms with Crippen molar-refractivity contribution < 1.29 is 13.2 Å². The fraction of sp³-hybridized carbons (Fsp3) is 0.444. The van der Waals surface area contributed by atoms with Gasteiger partial charge in [-0.2, -0.15) is 18.4 Å². The standard InChI is InChI=1S/C9H9F3N2/c1-5-2-6(14)3-8(7(5)4-13)9(10,11)12/h3,5H,2,14H2,1H3. The molecule has 0 aromatic heterocycles. The van der Waals surface area contributed by atoms with Gasteiger partial charge < -0.3 is 5.73 Å². The number of hydrogen-bond acceptors (Lipinski definition) is 2. The highest BCUT2D eigenvalue weighted by molar-refractivity contribution is 5.44. The van der Waals surface area contributed by atoms with E-state index >= 15 is 0 Å².